The number of nitrogens with zero attached hydrogens (tertiary/aromatic N) is 12. The van der Waals surface area contributed by atoms with Gasteiger partial charge in [0.15, 0.2) is 0 Å². The van der Waals surface area contributed by atoms with Gasteiger partial charge in [-0.1, -0.05) is 118 Å². The second kappa shape index (κ2) is 68.6. The molecule has 0 bridgehead atoms. The van der Waals surface area contributed by atoms with Crippen LogP contribution in [0.15, 0.2) is 32.3 Å². The van der Waals surface area contributed by atoms with Crippen molar-refractivity contribution in [3.8, 4) is 0 Å². The molecule has 9 aliphatic rings. The zero-order valence-electron chi connectivity index (χ0n) is 86.5. The molecule has 6 aromatic heterocycles. The second-order valence-corrected chi connectivity index (χ2v) is 49.3. The van der Waals surface area contributed by atoms with Gasteiger partial charge in [-0.25, -0.2) is 42.6 Å². The molecule has 12 heterocycles. The van der Waals surface area contributed by atoms with Gasteiger partial charge in [0.05, 0.1) is 83.1 Å². The highest BCUT2D eigenvalue weighted by Crippen LogP contribution is 2.40. The normalized spacial score (nSPS) is 19.6. The molecule has 34 heteroatoms. The lowest BCUT2D eigenvalue weighted by Gasteiger charge is -2.35. The van der Waals surface area contributed by atoms with Crippen LogP contribution in [0.2, 0.25) is 0 Å². The van der Waals surface area contributed by atoms with Gasteiger partial charge >= 0.3 is 0 Å². The number of rotatable bonds is 38. The van der Waals surface area contributed by atoms with Crippen molar-refractivity contribution in [1.82, 2.24) is 69.3 Å². The molecular formula is C113H188N14O13S7. The largest absolute Gasteiger partial charge is 0.351 e. The number of aryl methyl sites for hydroxylation is 4. The first-order valence-electron chi connectivity index (χ1n) is 53.2. The monoisotopic (exact) mass is 2170 g/mol. The van der Waals surface area contributed by atoms with Crippen molar-refractivity contribution in [3.05, 3.63) is 96.5 Å². The summed E-state index contributed by atoms with van der Waals surface area (Å²) >= 11 is 10.1. The van der Waals surface area contributed by atoms with E-state index in [1.807, 2.05) is 46.2 Å². The third-order valence-corrected chi connectivity index (χ3v) is 36.3. The Hall–Kier alpha value is -7.34. The molecule has 9 fully saturated rings. The maximum absolute atomic E-state index is 12.9. The Labute approximate surface area is 909 Å². The van der Waals surface area contributed by atoms with Crippen molar-refractivity contribution in [2.75, 3.05) is 84.3 Å². The molecule has 27 nitrogen and oxygen atoms in total. The van der Waals surface area contributed by atoms with Gasteiger partial charge in [0.25, 0.3) is 0 Å². The van der Waals surface area contributed by atoms with Crippen LogP contribution < -0.4 is 10.6 Å². The molecule has 830 valence electrons. The van der Waals surface area contributed by atoms with Crippen molar-refractivity contribution < 1.29 is 61.2 Å². The summed E-state index contributed by atoms with van der Waals surface area (Å²) in [6, 6.07) is 0. The van der Waals surface area contributed by atoms with Gasteiger partial charge in [-0.15, -0.1) is 68.0 Å². The van der Waals surface area contributed by atoms with Crippen molar-refractivity contribution >= 4 is 143 Å². The zero-order valence-corrected chi connectivity index (χ0v) is 92.2. The molecule has 147 heavy (non-hydrogen) atoms. The fourth-order valence-electron chi connectivity index (χ4n) is 20.0. The summed E-state index contributed by atoms with van der Waals surface area (Å²) in [5.74, 6) is 6.19. The number of carbonyl (C=O) groups excluding carboxylic acids is 11. The Morgan fingerprint density at radius 3 is 0.980 bits per heavy atom. The number of Topliss-reactive ketones (excluding diaryl/α,β-unsaturated/α-hetero) is 4. The molecule has 3 aliphatic carbocycles. The van der Waals surface area contributed by atoms with Crippen LogP contribution in [0, 0.1) is 23.2 Å². The summed E-state index contributed by atoms with van der Waals surface area (Å²) in [7, 11) is -3.14. The predicted octanol–water partition coefficient (Wildman–Crippen LogP) is 24.6. The van der Waals surface area contributed by atoms with Crippen LogP contribution in [0.5, 0.6) is 0 Å². The van der Waals surface area contributed by atoms with Crippen LogP contribution in [0.1, 0.15) is 464 Å². The fraction of sp³-hybridized carbons (Fsp3) is 0.743. The van der Waals surface area contributed by atoms with Crippen molar-refractivity contribution in [3.63, 3.8) is 0 Å². The highest BCUT2D eigenvalue weighted by Gasteiger charge is 2.37. The first kappa shape index (κ1) is 132. The van der Waals surface area contributed by atoms with E-state index in [1.165, 1.54) is 68.8 Å². The number of amides is 7. The quantitative estimate of drug-likeness (QED) is 0.0363. The summed E-state index contributed by atoms with van der Waals surface area (Å²) in [6.07, 6.45) is 40.8. The minimum absolute atomic E-state index is 0. The molecule has 0 aromatic carbocycles. The fourth-order valence-corrected chi connectivity index (χ4v) is 27.4. The van der Waals surface area contributed by atoms with Gasteiger partial charge in [-0.3, -0.25) is 38.4 Å². The van der Waals surface area contributed by atoms with Crippen molar-refractivity contribution in [2.24, 2.45) is 23.2 Å². The zero-order chi connectivity index (χ0) is 101. The smallest absolute Gasteiger partial charge is 0.225 e. The Kier molecular flexibility index (Phi) is 61.6. The van der Waals surface area contributed by atoms with Crippen LogP contribution >= 0.6 is 68.0 Å². The summed E-state index contributed by atoms with van der Waals surface area (Å²) < 4.78 is 26.0. The third kappa shape index (κ3) is 46.6. The maximum Gasteiger partial charge on any atom is 0.225 e. The molecule has 0 spiro atoms. The predicted molar refractivity (Wildman–Crippen MR) is 607 cm³/mol. The Morgan fingerprint density at radius 2 is 0.646 bits per heavy atom. The Bertz CT molecular complexity index is 5040. The highest BCUT2D eigenvalue weighted by atomic mass is 32.2. The first-order chi connectivity index (χ1) is 67.7. The number of likely N-dealkylation sites (tertiary alicyclic amines) is 5. The maximum atomic E-state index is 12.9. The number of hydrogen-bond acceptors (Lipinski definition) is 25. The minimum Gasteiger partial charge on any atom is -0.351 e. The van der Waals surface area contributed by atoms with E-state index < -0.39 is 10.0 Å². The van der Waals surface area contributed by atoms with Gasteiger partial charge in [0, 0.05) is 223 Å². The number of piperidine rings is 6. The Balaban J connectivity index is 0.000000365. The average Bonchev–Trinajstić information content (AvgIpc) is 1.81. The van der Waals surface area contributed by atoms with E-state index in [-0.39, 0.29) is 114 Å². The number of ketones is 4. The molecular weight excluding hydrogens is 1990 g/mol. The lowest BCUT2D eigenvalue weighted by Crippen LogP contribution is -2.42. The molecule has 6 aromatic rings. The number of carbonyl (C=O) groups is 11. The summed E-state index contributed by atoms with van der Waals surface area (Å²) in [5.41, 5.74) is 6.21. The number of nitrogens with one attached hydrogen (secondary N) is 2. The van der Waals surface area contributed by atoms with E-state index in [0.717, 1.165) is 293 Å². The molecule has 6 aliphatic heterocycles. The standard InChI is InChI=1S/C22H32N2O2S.C20H30N2O2S.C19H30N2O2S.C17H26N2O2S.C15H23N3O2S.C14H23N3O3S2.6CH4/c25-20(16-11-12-16)10-4-9-19-15-27-21(23-19)18-8-5-13-24(14-18)22(26)17-6-2-1-3-7-17;1-15(23)6-4-10-18-14-25-20(21-18)17-9-5-11-22(13-17)19(24)12-16-7-2-3-8-16;1-14(22)7-5-9-16-13-24-18(20-16)15-8-6-10-21(12-15)17(23)11-19(2,3)4;1-3-6-16(21)19-10-5-8-14(11-19)17-18-15(12-22-17)9-4-7-13(2)20;1-3-5-14(20)18-7-4-6-12(9-18)15-17-13(10-21-15)8-16-11(2)19;1-3-7-22(19,20)17-6-4-5-12(9-17)14-16-13(10-21-14)8-15-11(2)18;;;;;;/h15-18H,1-14H2;14,16-17H,2-13H2,1H3;13,15H,5-12H2,1-4H3;12,14H,3-11H2,1-2H3;10,12H,3-9H2,1-2H3,(H,16,19);10,12H,3-9H2,1-2H3,(H,15,18);6*1H4. The second-order valence-electron chi connectivity index (χ2n) is 41.9. The lowest BCUT2D eigenvalue weighted by molar-refractivity contribution is -0.138. The molecule has 0 radical (unpaired) electrons. The molecule has 6 saturated heterocycles. The SMILES string of the molecule is C.C.C.C.C.C.CC(=O)CCCc1csc(C2CCCN(C(=O)CC(C)(C)C)C2)n1.CC(=O)CCCc1csc(C2CCCN(C(=O)CC3CCCC3)C2)n1.CCCC(=O)N1CCCC(c2nc(CCCC(C)=O)cs2)C1.CCCC(=O)N1CCCC(c2nc(CNC(C)=O)cs2)C1.CCCS(=O)(=O)N1CCCC(c2nc(CNC(C)=O)cs2)C1.O=C(CCCc1csc(C2CCCN(C(=O)C3CCCCC3)C2)n1)C1CC1. The molecule has 15 rings (SSSR count). The van der Waals surface area contributed by atoms with Gasteiger partial charge in [-0.2, -0.15) is 0 Å². The summed E-state index contributed by atoms with van der Waals surface area (Å²) in [6.45, 7) is 30.8. The van der Waals surface area contributed by atoms with E-state index in [2.05, 4.69) is 72.7 Å². The van der Waals surface area contributed by atoms with Crippen LogP contribution in [0.25, 0.3) is 0 Å². The highest BCUT2D eigenvalue weighted by molar-refractivity contribution is 7.89. The molecule has 7 amide bonds. The minimum atomic E-state index is -3.14. The van der Waals surface area contributed by atoms with Gasteiger partial charge in [0.2, 0.25) is 51.4 Å². The van der Waals surface area contributed by atoms with Gasteiger partial charge in [0.1, 0.15) is 23.1 Å². The number of sulfonamides is 1. The van der Waals surface area contributed by atoms with Gasteiger partial charge in [-0.05, 0) is 218 Å². The van der Waals surface area contributed by atoms with Crippen LogP contribution in [0.3, 0.4) is 0 Å². The van der Waals surface area contributed by atoms with E-state index >= 15 is 0 Å². The van der Waals surface area contributed by atoms with E-state index in [1.54, 1.807) is 93.1 Å². The number of thiazole rings is 6. The van der Waals surface area contributed by atoms with E-state index in [9.17, 15) is 61.2 Å². The van der Waals surface area contributed by atoms with Crippen molar-refractivity contribution in [2.45, 2.75) is 439 Å². The first-order valence-corrected chi connectivity index (χ1v) is 60.1. The lowest BCUT2D eigenvalue weighted by atomic mass is 9.87. The number of hydrogen-bond donors (Lipinski definition) is 2. The number of aromatic nitrogens is 6. The topological polar surface area (TPSA) is 343 Å². The van der Waals surface area contributed by atoms with Crippen LogP contribution in [0.4, 0.5) is 0 Å². The average molecular weight is 2180 g/mol. The molecule has 2 N–H and O–H groups in total. The van der Waals surface area contributed by atoms with E-state index in [0.29, 0.717) is 137 Å². The summed E-state index contributed by atoms with van der Waals surface area (Å²) in [5, 5.41) is 24.7. The molecule has 6 atom stereocenters. The van der Waals surface area contributed by atoms with Crippen LogP contribution in [-0.4, -0.2) is 216 Å². The summed E-state index contributed by atoms with van der Waals surface area (Å²) in [4.78, 5) is 167. The van der Waals surface area contributed by atoms with Crippen molar-refractivity contribution in [1.29, 1.82) is 0 Å². The Morgan fingerprint density at radius 1 is 0.340 bits per heavy atom. The molecule has 6 unspecified atom stereocenters. The van der Waals surface area contributed by atoms with Crippen LogP contribution in [-0.2, 0) is 102 Å². The van der Waals surface area contributed by atoms with E-state index in [4.69, 9.17) is 19.9 Å². The van der Waals surface area contributed by atoms with Gasteiger partial charge < -0.3 is 49.5 Å². The third-order valence-electron chi connectivity index (χ3n) is 27.9. The molecule has 3 saturated carbocycles.